The lowest BCUT2D eigenvalue weighted by atomic mass is 10.3. The van der Waals surface area contributed by atoms with Crippen molar-refractivity contribution in [2.75, 3.05) is 12.4 Å². The van der Waals surface area contributed by atoms with Gasteiger partial charge >= 0.3 is 11.9 Å². The highest BCUT2D eigenvalue weighted by molar-refractivity contribution is 9.11. The van der Waals surface area contributed by atoms with Crippen LogP contribution in [0, 0.1) is 0 Å². The first kappa shape index (κ1) is 20.6. The van der Waals surface area contributed by atoms with Crippen LogP contribution in [0.4, 0.5) is 0 Å². The minimum Gasteiger partial charge on any atom is -0.748 e. The third kappa shape index (κ3) is 8.25. The van der Waals surface area contributed by atoms with Gasteiger partial charge in [0.15, 0.2) is 5.75 Å². The van der Waals surface area contributed by atoms with Crippen molar-refractivity contribution >= 4 is 69.8 Å². The molecule has 0 bridgehead atoms. The van der Waals surface area contributed by atoms with E-state index in [1.807, 2.05) is 0 Å². The molecule has 7 nitrogen and oxygen atoms in total. The standard InChI is InChI=1S/C12H11Br3O7S/c13-7-5-8(14)12(9(15)6-7)22-11(17)2-1-10(16)21-3-4-23(18,19)20/h5-6H,1-4H2,(H,18,19,20)/p-1. The molecule has 0 aromatic heterocycles. The predicted molar refractivity (Wildman–Crippen MR) is 89.9 cm³/mol. The van der Waals surface area contributed by atoms with Crippen LogP contribution < -0.4 is 4.74 Å². The Hall–Kier alpha value is -0.490. The second-order valence-electron chi connectivity index (χ2n) is 4.15. The summed E-state index contributed by atoms with van der Waals surface area (Å²) in [6, 6.07) is 3.37. The first-order chi connectivity index (χ1) is 10.6. The van der Waals surface area contributed by atoms with E-state index in [1.54, 1.807) is 12.1 Å². The van der Waals surface area contributed by atoms with E-state index >= 15 is 0 Å². The minimum atomic E-state index is -4.44. The second kappa shape index (κ2) is 9.11. The Kier molecular flexibility index (Phi) is 8.14. The Morgan fingerprint density at radius 2 is 1.57 bits per heavy atom. The zero-order valence-electron chi connectivity index (χ0n) is 11.4. The minimum absolute atomic E-state index is 0.252. The fourth-order valence-corrected chi connectivity index (χ4v) is 4.03. The number of esters is 2. The molecule has 0 fully saturated rings. The monoisotopic (exact) mass is 535 g/mol. The summed E-state index contributed by atoms with van der Waals surface area (Å²) in [5, 5.41) is 0. The van der Waals surface area contributed by atoms with Gasteiger partial charge in [0, 0.05) is 4.47 Å². The van der Waals surface area contributed by atoms with E-state index in [-0.39, 0.29) is 18.6 Å². The van der Waals surface area contributed by atoms with Crippen molar-refractivity contribution in [2.45, 2.75) is 12.8 Å². The number of rotatable bonds is 7. The van der Waals surface area contributed by atoms with E-state index in [9.17, 15) is 22.6 Å². The number of ether oxygens (including phenoxy) is 2. The Labute approximate surface area is 157 Å². The van der Waals surface area contributed by atoms with Crippen molar-refractivity contribution < 1.29 is 32.0 Å². The van der Waals surface area contributed by atoms with E-state index in [1.165, 1.54) is 0 Å². The smallest absolute Gasteiger partial charge is 0.311 e. The third-order valence-electron chi connectivity index (χ3n) is 2.31. The van der Waals surface area contributed by atoms with Crippen LogP contribution in [0.2, 0.25) is 0 Å². The molecule has 0 spiro atoms. The van der Waals surface area contributed by atoms with Crippen LogP contribution in [0.3, 0.4) is 0 Å². The summed E-state index contributed by atoms with van der Waals surface area (Å²) < 4.78 is 42.5. The van der Waals surface area contributed by atoms with Gasteiger partial charge in [-0.2, -0.15) is 0 Å². The fourth-order valence-electron chi connectivity index (χ4n) is 1.33. The highest BCUT2D eigenvalue weighted by atomic mass is 79.9. The number of hydrogen-bond donors (Lipinski definition) is 0. The van der Waals surface area contributed by atoms with Gasteiger partial charge in [0.25, 0.3) is 0 Å². The summed E-state index contributed by atoms with van der Waals surface area (Å²) >= 11 is 9.76. The fraction of sp³-hybridized carbons (Fsp3) is 0.333. The lowest BCUT2D eigenvalue weighted by Crippen LogP contribution is -2.16. The van der Waals surface area contributed by atoms with Gasteiger partial charge in [-0.15, -0.1) is 0 Å². The summed E-state index contributed by atoms with van der Waals surface area (Å²) in [5.74, 6) is -1.99. The van der Waals surface area contributed by atoms with E-state index < -0.39 is 34.4 Å². The summed E-state index contributed by atoms with van der Waals surface area (Å²) in [7, 11) is -4.44. The van der Waals surface area contributed by atoms with E-state index in [0.717, 1.165) is 4.47 Å². The number of benzene rings is 1. The molecular weight excluding hydrogens is 528 g/mol. The van der Waals surface area contributed by atoms with Gasteiger partial charge < -0.3 is 14.0 Å². The number of carbonyl (C=O) groups is 2. The molecule has 0 unspecified atom stereocenters. The number of halogens is 3. The summed E-state index contributed by atoms with van der Waals surface area (Å²) in [4.78, 5) is 23.0. The highest BCUT2D eigenvalue weighted by Crippen LogP contribution is 2.36. The Morgan fingerprint density at radius 1 is 1.04 bits per heavy atom. The molecule has 0 saturated heterocycles. The zero-order valence-corrected chi connectivity index (χ0v) is 17.0. The van der Waals surface area contributed by atoms with Crippen LogP contribution in [0.1, 0.15) is 12.8 Å². The largest absolute Gasteiger partial charge is 0.748 e. The van der Waals surface area contributed by atoms with Crippen molar-refractivity contribution in [1.82, 2.24) is 0 Å². The molecule has 0 aliphatic rings. The molecule has 23 heavy (non-hydrogen) atoms. The van der Waals surface area contributed by atoms with Crippen LogP contribution in [0.5, 0.6) is 5.75 Å². The molecule has 0 amide bonds. The van der Waals surface area contributed by atoms with Gasteiger partial charge in [0.2, 0.25) is 0 Å². The molecule has 0 radical (unpaired) electrons. The molecule has 0 heterocycles. The SMILES string of the molecule is O=C(CCC(=O)Oc1c(Br)cc(Br)cc1Br)OCCS(=O)(=O)[O-]. The third-order valence-corrected chi connectivity index (χ3v) is 4.61. The Balaban J connectivity index is 2.45. The molecule has 11 heteroatoms. The average Bonchev–Trinajstić information content (AvgIpc) is 2.39. The van der Waals surface area contributed by atoms with Gasteiger partial charge in [-0.05, 0) is 44.0 Å². The van der Waals surface area contributed by atoms with E-state index in [4.69, 9.17) is 4.74 Å². The molecule has 0 saturated carbocycles. The van der Waals surface area contributed by atoms with Crippen molar-refractivity contribution in [3.8, 4) is 5.75 Å². The van der Waals surface area contributed by atoms with Gasteiger partial charge in [0.05, 0.1) is 37.7 Å². The van der Waals surface area contributed by atoms with Crippen molar-refractivity contribution in [3.05, 3.63) is 25.6 Å². The topological polar surface area (TPSA) is 110 Å². The lowest BCUT2D eigenvalue weighted by molar-refractivity contribution is -0.146. The van der Waals surface area contributed by atoms with E-state index in [0.29, 0.717) is 8.95 Å². The van der Waals surface area contributed by atoms with Gasteiger partial charge in [-0.1, -0.05) is 15.9 Å². The molecule has 1 rings (SSSR count). The first-order valence-electron chi connectivity index (χ1n) is 6.03. The first-order valence-corrected chi connectivity index (χ1v) is 9.98. The quantitative estimate of drug-likeness (QED) is 0.299. The van der Waals surface area contributed by atoms with Crippen molar-refractivity contribution in [1.29, 1.82) is 0 Å². The maximum absolute atomic E-state index is 11.7. The van der Waals surface area contributed by atoms with Crippen LogP contribution in [-0.2, 0) is 24.4 Å². The zero-order chi connectivity index (χ0) is 17.6. The molecular formula is C12H10Br3O7S-. The maximum Gasteiger partial charge on any atom is 0.311 e. The average molecular weight is 538 g/mol. The molecule has 0 atom stereocenters. The molecule has 1 aromatic carbocycles. The number of hydrogen-bond acceptors (Lipinski definition) is 7. The van der Waals surface area contributed by atoms with Crippen molar-refractivity contribution in [3.63, 3.8) is 0 Å². The van der Waals surface area contributed by atoms with Gasteiger partial charge in [-0.25, -0.2) is 8.42 Å². The van der Waals surface area contributed by atoms with Crippen molar-refractivity contribution in [2.24, 2.45) is 0 Å². The number of carbonyl (C=O) groups excluding carboxylic acids is 2. The molecule has 0 aliphatic heterocycles. The Bertz CT molecular complexity index is 680. The normalized spacial score (nSPS) is 11.1. The summed E-state index contributed by atoms with van der Waals surface area (Å²) in [6.07, 6.45) is -0.540. The van der Waals surface area contributed by atoms with E-state index in [2.05, 4.69) is 52.5 Å². The molecule has 0 N–H and O–H groups in total. The highest BCUT2D eigenvalue weighted by Gasteiger charge is 2.15. The van der Waals surface area contributed by atoms with Crippen LogP contribution in [0.15, 0.2) is 25.6 Å². The second-order valence-corrected chi connectivity index (χ2v) is 8.30. The van der Waals surface area contributed by atoms with Gasteiger partial charge in [-0.3, -0.25) is 9.59 Å². The Morgan fingerprint density at radius 3 is 2.09 bits per heavy atom. The van der Waals surface area contributed by atoms with Crippen LogP contribution >= 0.6 is 47.8 Å². The molecule has 128 valence electrons. The molecule has 1 aromatic rings. The molecule has 0 aliphatic carbocycles. The van der Waals surface area contributed by atoms with Gasteiger partial charge in [0.1, 0.15) is 6.61 Å². The summed E-state index contributed by atoms with van der Waals surface area (Å²) in [5.41, 5.74) is 0. The maximum atomic E-state index is 11.7. The van der Waals surface area contributed by atoms with Crippen LogP contribution in [-0.4, -0.2) is 37.3 Å². The summed E-state index contributed by atoms with van der Waals surface area (Å²) in [6.45, 7) is -0.538. The predicted octanol–water partition coefficient (Wildman–Crippen LogP) is 2.75. The van der Waals surface area contributed by atoms with Crippen LogP contribution in [0.25, 0.3) is 0 Å². The lowest BCUT2D eigenvalue weighted by Gasteiger charge is -2.10.